The zero-order chi connectivity index (χ0) is 13.7. The van der Waals surface area contributed by atoms with Gasteiger partial charge in [-0.05, 0) is 0 Å². The molecule has 7 heteroatoms. The molecule has 0 aromatic heterocycles. The fraction of sp³-hybridized carbons (Fsp3) is 0.364. The van der Waals surface area contributed by atoms with Crippen molar-refractivity contribution in [1.82, 2.24) is 0 Å². The van der Waals surface area contributed by atoms with E-state index in [1.54, 1.807) is 12.1 Å². The van der Waals surface area contributed by atoms with E-state index in [1.807, 2.05) is 0 Å². The van der Waals surface area contributed by atoms with E-state index in [0.717, 1.165) is 0 Å². The van der Waals surface area contributed by atoms with Crippen molar-refractivity contribution in [2.45, 2.75) is 6.10 Å². The van der Waals surface area contributed by atoms with Gasteiger partial charge in [-0.15, -0.1) is 0 Å². The van der Waals surface area contributed by atoms with E-state index < -0.39 is 12.0 Å². The van der Waals surface area contributed by atoms with E-state index in [1.165, 1.54) is 14.2 Å². The third-order valence-corrected chi connectivity index (χ3v) is 2.37. The van der Waals surface area contributed by atoms with E-state index in [2.05, 4.69) is 5.32 Å². The molecule has 0 fully saturated rings. The molecule has 0 saturated heterocycles. The van der Waals surface area contributed by atoms with Crippen LogP contribution in [0.4, 0.5) is 11.4 Å². The molecule has 1 atom stereocenters. The van der Waals surface area contributed by atoms with Crippen LogP contribution in [0.25, 0.3) is 0 Å². The van der Waals surface area contributed by atoms with Gasteiger partial charge in [-0.1, -0.05) is 0 Å². The Hall–Kier alpha value is -2.15. The lowest BCUT2D eigenvalue weighted by molar-refractivity contribution is -0.125. The van der Waals surface area contributed by atoms with Crippen LogP contribution in [0.1, 0.15) is 0 Å². The number of nitrogen functional groups attached to an aromatic ring is 1. The summed E-state index contributed by atoms with van der Waals surface area (Å²) in [5.41, 5.74) is 11.7. The molecule has 7 nitrogen and oxygen atoms in total. The lowest BCUT2D eigenvalue weighted by Crippen LogP contribution is -2.34. The van der Waals surface area contributed by atoms with Crippen molar-refractivity contribution in [2.75, 3.05) is 31.8 Å². The van der Waals surface area contributed by atoms with Crippen LogP contribution in [-0.2, 0) is 4.79 Å². The summed E-state index contributed by atoms with van der Waals surface area (Å²) in [6, 6.07) is 3.19. The maximum Gasteiger partial charge on any atom is 0.248 e. The van der Waals surface area contributed by atoms with Crippen molar-refractivity contribution in [2.24, 2.45) is 5.73 Å². The number of amides is 1. The first-order valence-electron chi connectivity index (χ1n) is 5.22. The summed E-state index contributed by atoms with van der Waals surface area (Å²) in [5.74, 6) is 0.181. The highest BCUT2D eigenvalue weighted by molar-refractivity contribution is 5.80. The van der Waals surface area contributed by atoms with Crippen LogP contribution in [0.5, 0.6) is 11.5 Å². The van der Waals surface area contributed by atoms with Gasteiger partial charge in [0, 0.05) is 18.7 Å². The monoisotopic (exact) mass is 255 g/mol. The second-order valence-corrected chi connectivity index (χ2v) is 3.59. The summed E-state index contributed by atoms with van der Waals surface area (Å²) in [6.07, 6.45) is -1.28. The Morgan fingerprint density at radius 2 is 1.94 bits per heavy atom. The fourth-order valence-corrected chi connectivity index (χ4v) is 1.36. The third kappa shape index (κ3) is 3.17. The van der Waals surface area contributed by atoms with Gasteiger partial charge in [-0.3, -0.25) is 4.79 Å². The Labute approximate surface area is 105 Å². The minimum Gasteiger partial charge on any atom is -0.493 e. The van der Waals surface area contributed by atoms with Crippen LogP contribution in [0.2, 0.25) is 0 Å². The highest BCUT2D eigenvalue weighted by Crippen LogP contribution is 2.34. The molecule has 6 N–H and O–H groups in total. The Morgan fingerprint density at radius 3 is 2.44 bits per heavy atom. The average Bonchev–Trinajstić information content (AvgIpc) is 2.36. The maximum atomic E-state index is 10.7. The molecular weight excluding hydrogens is 238 g/mol. The normalized spacial score (nSPS) is 11.7. The van der Waals surface area contributed by atoms with Crippen molar-refractivity contribution >= 4 is 17.3 Å². The van der Waals surface area contributed by atoms with Gasteiger partial charge in [-0.2, -0.15) is 0 Å². The number of nitrogens with two attached hydrogens (primary N) is 2. The number of rotatable bonds is 6. The van der Waals surface area contributed by atoms with E-state index in [-0.39, 0.29) is 6.54 Å². The number of ether oxygens (including phenoxy) is 2. The predicted octanol–water partition coefficient (Wildman–Crippen LogP) is -0.456. The van der Waals surface area contributed by atoms with Crippen LogP contribution < -0.4 is 26.3 Å². The Balaban J connectivity index is 2.86. The molecule has 1 amide bonds. The number of hydrogen-bond donors (Lipinski definition) is 4. The van der Waals surface area contributed by atoms with Gasteiger partial charge in [0.15, 0.2) is 11.5 Å². The molecule has 100 valence electrons. The molecular formula is C11H17N3O4. The van der Waals surface area contributed by atoms with Crippen molar-refractivity contribution in [3.05, 3.63) is 12.1 Å². The fourth-order valence-electron chi connectivity index (χ4n) is 1.36. The Kier molecular flexibility index (Phi) is 4.61. The van der Waals surface area contributed by atoms with E-state index in [0.29, 0.717) is 22.9 Å². The topological polar surface area (TPSA) is 120 Å². The lowest BCUT2D eigenvalue weighted by atomic mass is 10.2. The zero-order valence-electron chi connectivity index (χ0n) is 10.3. The number of aliphatic hydroxyl groups is 1. The summed E-state index contributed by atoms with van der Waals surface area (Å²) < 4.78 is 10.2. The molecule has 1 rings (SSSR count). The quantitative estimate of drug-likeness (QED) is 0.511. The standard InChI is InChI=1S/C11H17N3O4/c1-17-9-3-6(12)7(4-10(9)18-2)14-5-8(15)11(13)16/h3-4,8,14-15H,5,12H2,1-2H3,(H2,13,16). The smallest absolute Gasteiger partial charge is 0.248 e. The first-order chi connectivity index (χ1) is 8.49. The second kappa shape index (κ2) is 5.97. The summed E-state index contributed by atoms with van der Waals surface area (Å²) in [4.78, 5) is 10.7. The van der Waals surface area contributed by atoms with Crippen LogP contribution in [0.15, 0.2) is 12.1 Å². The van der Waals surface area contributed by atoms with E-state index >= 15 is 0 Å². The Bertz CT molecular complexity index is 437. The molecule has 18 heavy (non-hydrogen) atoms. The molecule has 1 unspecified atom stereocenters. The third-order valence-electron chi connectivity index (χ3n) is 2.37. The summed E-state index contributed by atoms with van der Waals surface area (Å²) in [6.45, 7) is -0.0327. The van der Waals surface area contributed by atoms with Gasteiger partial charge in [0.1, 0.15) is 6.10 Å². The maximum absolute atomic E-state index is 10.7. The van der Waals surface area contributed by atoms with Crippen LogP contribution in [0.3, 0.4) is 0 Å². The summed E-state index contributed by atoms with van der Waals surface area (Å²) in [7, 11) is 3.00. The number of nitrogens with one attached hydrogen (secondary N) is 1. The van der Waals surface area contributed by atoms with Gasteiger partial charge in [0.2, 0.25) is 5.91 Å². The lowest BCUT2D eigenvalue weighted by Gasteiger charge is -2.15. The summed E-state index contributed by atoms with van der Waals surface area (Å²) >= 11 is 0. The van der Waals surface area contributed by atoms with E-state index in [4.69, 9.17) is 20.9 Å². The Morgan fingerprint density at radius 1 is 1.39 bits per heavy atom. The van der Waals surface area contributed by atoms with Gasteiger partial charge in [0.25, 0.3) is 0 Å². The number of aliphatic hydroxyl groups excluding tert-OH is 1. The highest BCUT2D eigenvalue weighted by atomic mass is 16.5. The van der Waals surface area contributed by atoms with Crippen molar-refractivity contribution in [3.8, 4) is 11.5 Å². The number of carbonyl (C=O) groups excluding carboxylic acids is 1. The molecule has 0 radical (unpaired) electrons. The molecule has 0 aliphatic rings. The van der Waals surface area contributed by atoms with Crippen molar-refractivity contribution in [1.29, 1.82) is 0 Å². The average molecular weight is 255 g/mol. The number of methoxy groups -OCH3 is 2. The number of carbonyl (C=O) groups is 1. The molecule has 0 aliphatic carbocycles. The highest BCUT2D eigenvalue weighted by Gasteiger charge is 2.13. The minimum atomic E-state index is -1.28. The first kappa shape index (κ1) is 13.9. The molecule has 0 spiro atoms. The number of benzene rings is 1. The molecule has 0 saturated carbocycles. The minimum absolute atomic E-state index is 0.0327. The SMILES string of the molecule is COc1cc(N)c(NCC(O)C(N)=O)cc1OC. The van der Waals surface area contributed by atoms with Gasteiger partial charge >= 0.3 is 0 Å². The molecule has 0 heterocycles. The molecule has 0 bridgehead atoms. The predicted molar refractivity (Wildman–Crippen MR) is 67.6 cm³/mol. The number of hydrogen-bond acceptors (Lipinski definition) is 6. The molecule has 1 aromatic carbocycles. The van der Waals surface area contributed by atoms with Crippen molar-refractivity contribution in [3.63, 3.8) is 0 Å². The van der Waals surface area contributed by atoms with Gasteiger partial charge < -0.3 is 31.4 Å². The number of primary amides is 1. The van der Waals surface area contributed by atoms with Crippen LogP contribution in [-0.4, -0.2) is 37.9 Å². The second-order valence-electron chi connectivity index (χ2n) is 3.59. The van der Waals surface area contributed by atoms with Gasteiger partial charge in [-0.25, -0.2) is 0 Å². The summed E-state index contributed by atoms with van der Waals surface area (Å²) in [5, 5.41) is 12.1. The van der Waals surface area contributed by atoms with Gasteiger partial charge in [0.05, 0.1) is 25.6 Å². The molecule has 0 aliphatic heterocycles. The van der Waals surface area contributed by atoms with Crippen LogP contribution in [0, 0.1) is 0 Å². The van der Waals surface area contributed by atoms with Crippen molar-refractivity contribution < 1.29 is 19.4 Å². The number of anilines is 2. The first-order valence-corrected chi connectivity index (χ1v) is 5.22. The largest absolute Gasteiger partial charge is 0.493 e. The zero-order valence-corrected chi connectivity index (χ0v) is 10.3. The van der Waals surface area contributed by atoms with Crippen LogP contribution >= 0.6 is 0 Å². The van der Waals surface area contributed by atoms with E-state index in [9.17, 15) is 9.90 Å². The molecule has 1 aromatic rings.